The number of rotatable bonds is 3. The normalized spacial score (nSPS) is 18.6. The van der Waals surface area contributed by atoms with Crippen LogP contribution in [-0.2, 0) is 12.4 Å². The summed E-state index contributed by atoms with van der Waals surface area (Å²) in [5.74, 6) is -1.15. The van der Waals surface area contributed by atoms with Crippen LogP contribution in [-0.4, -0.2) is 60.3 Å². The number of carbonyl (C=O) groups is 2. The van der Waals surface area contributed by atoms with Crippen molar-refractivity contribution in [3.8, 4) is 0 Å². The molecule has 3 rings (SSSR count). The van der Waals surface area contributed by atoms with Gasteiger partial charge in [-0.05, 0) is 42.3 Å². The largest absolute Gasteiger partial charge is 0.465 e. The number of alkyl halides is 6. The summed E-state index contributed by atoms with van der Waals surface area (Å²) in [6, 6.07) is 4.50. The third-order valence-corrected chi connectivity index (χ3v) is 6.19. The minimum absolute atomic E-state index is 0.0300. The quantitative estimate of drug-likeness (QED) is 0.513. The minimum Gasteiger partial charge on any atom is -0.465 e. The van der Waals surface area contributed by atoms with Crippen LogP contribution < -0.4 is 4.90 Å². The Balaban J connectivity index is 1.95. The Bertz CT molecular complexity index is 1090. The molecule has 0 aliphatic carbocycles. The smallest absolute Gasteiger partial charge is 0.416 e. The van der Waals surface area contributed by atoms with Crippen LogP contribution in [0.1, 0.15) is 29.0 Å². The molecule has 1 aliphatic rings. The maximum atomic E-state index is 13.4. The Morgan fingerprint density at radius 2 is 1.47 bits per heavy atom. The highest BCUT2D eigenvalue weighted by atomic mass is 19.4. The molecule has 0 spiro atoms. The summed E-state index contributed by atoms with van der Waals surface area (Å²) >= 11 is 0. The van der Waals surface area contributed by atoms with Gasteiger partial charge in [-0.2, -0.15) is 26.3 Å². The Morgan fingerprint density at radius 1 is 0.944 bits per heavy atom. The van der Waals surface area contributed by atoms with Crippen molar-refractivity contribution >= 4 is 17.8 Å². The maximum Gasteiger partial charge on any atom is 0.416 e. The second-order valence-corrected chi connectivity index (χ2v) is 8.46. The Kier molecular flexibility index (Phi) is 7.42. The van der Waals surface area contributed by atoms with Crippen LogP contribution >= 0.6 is 0 Å². The number of anilines is 1. The first kappa shape index (κ1) is 27.1. The fraction of sp³-hybridized carbons (Fsp3) is 0.391. The highest BCUT2D eigenvalue weighted by molar-refractivity contribution is 5.92. The summed E-state index contributed by atoms with van der Waals surface area (Å²) in [6.07, 6.45) is -11.2. The molecule has 0 saturated carbocycles. The van der Waals surface area contributed by atoms with Crippen molar-refractivity contribution in [1.29, 1.82) is 0 Å². The average Bonchev–Trinajstić information content (AvgIpc) is 2.81. The van der Waals surface area contributed by atoms with Gasteiger partial charge in [-0.1, -0.05) is 12.1 Å². The van der Waals surface area contributed by atoms with E-state index in [0.717, 1.165) is 16.8 Å². The lowest BCUT2D eigenvalue weighted by molar-refractivity contribution is -0.143. The molecule has 196 valence electrons. The second-order valence-electron chi connectivity index (χ2n) is 8.46. The van der Waals surface area contributed by atoms with E-state index in [1.54, 1.807) is 0 Å². The lowest BCUT2D eigenvalue weighted by Crippen LogP contribution is -2.54. The Morgan fingerprint density at radius 3 is 1.94 bits per heavy atom. The fourth-order valence-electron chi connectivity index (χ4n) is 4.24. The molecule has 1 N–H and O–H groups in total. The van der Waals surface area contributed by atoms with E-state index in [1.807, 2.05) is 0 Å². The van der Waals surface area contributed by atoms with E-state index in [-0.39, 0.29) is 25.6 Å². The van der Waals surface area contributed by atoms with E-state index < -0.39 is 59.1 Å². The number of urea groups is 1. The molecule has 13 heteroatoms. The van der Waals surface area contributed by atoms with Crippen LogP contribution in [0.2, 0.25) is 0 Å². The molecule has 2 unspecified atom stereocenters. The van der Waals surface area contributed by atoms with Crippen molar-refractivity contribution < 1.29 is 45.4 Å². The zero-order valence-electron chi connectivity index (χ0n) is 19.1. The molecule has 6 nitrogen and oxygen atoms in total. The molecule has 0 radical (unpaired) electrons. The topological polar surface area (TPSA) is 64.1 Å². The van der Waals surface area contributed by atoms with Gasteiger partial charge in [-0.25, -0.2) is 14.0 Å². The van der Waals surface area contributed by atoms with Crippen LogP contribution in [0.3, 0.4) is 0 Å². The molecule has 36 heavy (non-hydrogen) atoms. The number of benzene rings is 2. The number of hydrogen-bond acceptors (Lipinski definition) is 2. The number of likely N-dealkylation sites (N-methyl/N-ethyl adjacent to an activating group) is 1. The first-order chi connectivity index (χ1) is 16.6. The van der Waals surface area contributed by atoms with Crippen LogP contribution in [0.25, 0.3) is 0 Å². The summed E-state index contributed by atoms with van der Waals surface area (Å²) in [5.41, 5.74) is -3.22. The molecular formula is C23H22F7N3O3. The monoisotopic (exact) mass is 521 g/mol. The van der Waals surface area contributed by atoms with E-state index in [4.69, 9.17) is 0 Å². The Hall–Kier alpha value is -3.51. The fourth-order valence-corrected chi connectivity index (χ4v) is 4.24. The zero-order chi connectivity index (χ0) is 27.0. The van der Waals surface area contributed by atoms with E-state index in [1.165, 1.54) is 31.3 Å². The SMILES string of the molecule is CN(C(=O)N(C)C1CCN(C(=O)O)CC1c1ccc(F)cc1)c1cc(C(F)(F)F)cc(C(F)(F)F)c1. The standard InChI is InChI=1S/C23H22F7N3O3/c1-31(17-10-14(22(25,26)27)9-15(11-17)23(28,29)30)20(34)32(2)19-7-8-33(21(35)36)12-18(19)13-3-5-16(24)6-4-13/h3-6,9-11,18-19H,7-8,12H2,1-2H3,(H,35,36). The molecule has 2 aromatic carbocycles. The molecule has 2 aromatic rings. The molecule has 1 heterocycles. The molecule has 0 bridgehead atoms. The molecule has 1 fully saturated rings. The first-order valence-electron chi connectivity index (χ1n) is 10.6. The van der Waals surface area contributed by atoms with Crippen molar-refractivity contribution in [1.82, 2.24) is 9.80 Å². The van der Waals surface area contributed by atoms with Gasteiger partial charge in [0.1, 0.15) is 5.82 Å². The number of halogens is 7. The van der Waals surface area contributed by atoms with Gasteiger partial charge in [-0.3, -0.25) is 4.90 Å². The van der Waals surface area contributed by atoms with Gasteiger partial charge in [0.15, 0.2) is 0 Å². The molecule has 3 amide bonds. The van der Waals surface area contributed by atoms with Crippen LogP contribution in [0.4, 0.5) is 46.0 Å². The van der Waals surface area contributed by atoms with Gasteiger partial charge < -0.3 is 14.9 Å². The third kappa shape index (κ3) is 5.82. The van der Waals surface area contributed by atoms with Crippen molar-refractivity contribution in [3.63, 3.8) is 0 Å². The van der Waals surface area contributed by atoms with E-state index in [2.05, 4.69) is 0 Å². The van der Waals surface area contributed by atoms with Crippen molar-refractivity contribution in [3.05, 3.63) is 65.0 Å². The number of hydrogen-bond donors (Lipinski definition) is 1. The minimum atomic E-state index is -5.08. The summed E-state index contributed by atoms with van der Waals surface area (Å²) in [6.45, 7) is -0.00441. The maximum absolute atomic E-state index is 13.4. The zero-order valence-corrected chi connectivity index (χ0v) is 19.1. The second kappa shape index (κ2) is 9.86. The Labute approximate surface area is 201 Å². The number of likely N-dealkylation sites (tertiary alicyclic amines) is 1. The van der Waals surface area contributed by atoms with E-state index in [9.17, 15) is 45.4 Å². The first-order valence-corrected chi connectivity index (χ1v) is 10.6. The lowest BCUT2D eigenvalue weighted by Gasteiger charge is -2.43. The van der Waals surface area contributed by atoms with Gasteiger partial charge in [0.2, 0.25) is 0 Å². The third-order valence-electron chi connectivity index (χ3n) is 6.19. The molecule has 1 aliphatic heterocycles. The number of nitrogens with zero attached hydrogens (tertiary/aromatic N) is 3. The molecule has 1 saturated heterocycles. The van der Waals surface area contributed by atoms with Crippen LogP contribution in [0.5, 0.6) is 0 Å². The summed E-state index contributed by atoms with van der Waals surface area (Å²) in [7, 11) is 2.38. The van der Waals surface area contributed by atoms with Gasteiger partial charge in [0, 0.05) is 44.8 Å². The van der Waals surface area contributed by atoms with Crippen LogP contribution in [0, 0.1) is 5.82 Å². The van der Waals surface area contributed by atoms with Gasteiger partial charge in [0.25, 0.3) is 0 Å². The van der Waals surface area contributed by atoms with Crippen molar-refractivity contribution in [2.45, 2.75) is 30.7 Å². The van der Waals surface area contributed by atoms with Gasteiger partial charge in [0.05, 0.1) is 11.1 Å². The van der Waals surface area contributed by atoms with Crippen LogP contribution in [0.15, 0.2) is 42.5 Å². The summed E-state index contributed by atoms with van der Waals surface area (Å²) in [5, 5.41) is 9.39. The molecule has 0 aromatic heterocycles. The predicted octanol–water partition coefficient (Wildman–Crippen LogP) is 5.89. The summed E-state index contributed by atoms with van der Waals surface area (Å²) < 4.78 is 93.0. The lowest BCUT2D eigenvalue weighted by atomic mass is 9.85. The number of carbonyl (C=O) groups excluding carboxylic acids is 1. The average molecular weight is 521 g/mol. The number of piperidine rings is 1. The van der Waals surface area contributed by atoms with E-state index in [0.29, 0.717) is 22.6 Å². The molecule has 2 atom stereocenters. The number of carboxylic acid groups (broad SMARTS) is 1. The van der Waals surface area contributed by atoms with Gasteiger partial charge in [-0.15, -0.1) is 0 Å². The highest BCUT2D eigenvalue weighted by Gasteiger charge is 2.40. The van der Waals surface area contributed by atoms with E-state index >= 15 is 0 Å². The van der Waals surface area contributed by atoms with Crippen molar-refractivity contribution in [2.75, 3.05) is 32.1 Å². The highest BCUT2D eigenvalue weighted by Crippen LogP contribution is 2.39. The van der Waals surface area contributed by atoms with Crippen molar-refractivity contribution in [2.24, 2.45) is 0 Å². The number of amides is 3. The summed E-state index contributed by atoms with van der Waals surface area (Å²) in [4.78, 5) is 27.7. The predicted molar refractivity (Wildman–Crippen MR) is 115 cm³/mol. The van der Waals surface area contributed by atoms with Gasteiger partial charge >= 0.3 is 24.5 Å². The molecular weight excluding hydrogens is 499 g/mol.